The molecule has 2 atom stereocenters. The molecule has 23 heavy (non-hydrogen) atoms. The minimum atomic E-state index is -0.386. The molecule has 0 aliphatic rings. The van der Waals surface area contributed by atoms with Gasteiger partial charge in [-0.2, -0.15) is 0 Å². The summed E-state index contributed by atoms with van der Waals surface area (Å²) in [6.07, 6.45) is 6.07. The molecule has 0 aliphatic heterocycles. The van der Waals surface area contributed by atoms with Crippen molar-refractivity contribution < 1.29 is 19.1 Å². The SMILES string of the molecule is C=CC(=O)OCCC(CCC)C(C)(CCOC(=O)C=C)C(C)C. The maximum atomic E-state index is 11.2. The Bertz CT molecular complexity index is 400. The second kappa shape index (κ2) is 11.0. The van der Waals surface area contributed by atoms with Crippen molar-refractivity contribution in [2.75, 3.05) is 13.2 Å². The van der Waals surface area contributed by atoms with Gasteiger partial charge in [0.2, 0.25) is 0 Å². The molecule has 0 spiro atoms. The fourth-order valence-electron chi connectivity index (χ4n) is 2.91. The van der Waals surface area contributed by atoms with Gasteiger partial charge >= 0.3 is 11.9 Å². The van der Waals surface area contributed by atoms with Crippen molar-refractivity contribution in [3.63, 3.8) is 0 Å². The van der Waals surface area contributed by atoms with E-state index in [0.29, 0.717) is 25.0 Å². The maximum absolute atomic E-state index is 11.2. The highest BCUT2D eigenvalue weighted by molar-refractivity contribution is 5.81. The molecular formula is C19H32O4. The van der Waals surface area contributed by atoms with Crippen LogP contribution in [0, 0.1) is 17.3 Å². The van der Waals surface area contributed by atoms with E-state index in [2.05, 4.69) is 40.9 Å². The maximum Gasteiger partial charge on any atom is 0.330 e. The second-order valence-electron chi connectivity index (χ2n) is 6.43. The van der Waals surface area contributed by atoms with Gasteiger partial charge in [-0.3, -0.25) is 0 Å². The molecule has 0 rings (SSSR count). The number of hydrogen-bond donors (Lipinski definition) is 0. The number of carbonyl (C=O) groups is 2. The van der Waals surface area contributed by atoms with E-state index in [1.807, 2.05) is 0 Å². The zero-order valence-electron chi connectivity index (χ0n) is 15.1. The highest BCUT2D eigenvalue weighted by Gasteiger charge is 2.36. The monoisotopic (exact) mass is 324 g/mol. The van der Waals surface area contributed by atoms with Crippen LogP contribution < -0.4 is 0 Å². The van der Waals surface area contributed by atoms with Crippen LogP contribution in [0.3, 0.4) is 0 Å². The lowest BCUT2D eigenvalue weighted by molar-refractivity contribution is -0.141. The molecule has 2 unspecified atom stereocenters. The van der Waals surface area contributed by atoms with Crippen LogP contribution in [0.4, 0.5) is 0 Å². The summed E-state index contributed by atoms with van der Waals surface area (Å²) in [5, 5.41) is 0. The Morgan fingerprint density at radius 3 is 2.00 bits per heavy atom. The van der Waals surface area contributed by atoms with Crippen LogP contribution in [0.5, 0.6) is 0 Å². The van der Waals surface area contributed by atoms with Crippen LogP contribution in [-0.2, 0) is 19.1 Å². The fourth-order valence-corrected chi connectivity index (χ4v) is 2.91. The molecule has 132 valence electrons. The fraction of sp³-hybridized carbons (Fsp3) is 0.684. The van der Waals surface area contributed by atoms with E-state index in [9.17, 15) is 9.59 Å². The highest BCUT2D eigenvalue weighted by atomic mass is 16.5. The van der Waals surface area contributed by atoms with Gasteiger partial charge in [-0.15, -0.1) is 0 Å². The molecule has 0 aromatic rings. The topological polar surface area (TPSA) is 52.6 Å². The zero-order valence-corrected chi connectivity index (χ0v) is 15.1. The molecule has 0 fully saturated rings. The molecular weight excluding hydrogens is 292 g/mol. The standard InChI is InChI=1S/C19H32O4/c1-7-10-16(11-13-22-17(20)8-2)19(6,15(4)5)12-14-23-18(21)9-3/h8-9,15-16H,2-3,7,10-14H2,1,4-6H3. The summed E-state index contributed by atoms with van der Waals surface area (Å²) in [5.41, 5.74) is 0.0120. The van der Waals surface area contributed by atoms with Crippen LogP contribution in [0.15, 0.2) is 25.3 Å². The third-order valence-electron chi connectivity index (χ3n) is 4.82. The molecule has 0 aromatic carbocycles. The van der Waals surface area contributed by atoms with Crippen LogP contribution in [0.2, 0.25) is 0 Å². The van der Waals surface area contributed by atoms with Crippen molar-refractivity contribution in [2.24, 2.45) is 17.3 Å². The third-order valence-corrected chi connectivity index (χ3v) is 4.82. The zero-order chi connectivity index (χ0) is 17.9. The van der Waals surface area contributed by atoms with Gasteiger partial charge in [-0.05, 0) is 30.1 Å². The van der Waals surface area contributed by atoms with E-state index in [1.165, 1.54) is 12.2 Å². The van der Waals surface area contributed by atoms with Gasteiger partial charge < -0.3 is 9.47 Å². The molecule has 0 aromatic heterocycles. The normalized spacial score (nSPS) is 14.7. The largest absolute Gasteiger partial charge is 0.463 e. The predicted molar refractivity (Wildman–Crippen MR) is 92.9 cm³/mol. The van der Waals surface area contributed by atoms with Crippen molar-refractivity contribution in [3.8, 4) is 0 Å². The van der Waals surface area contributed by atoms with Crippen molar-refractivity contribution >= 4 is 11.9 Å². The van der Waals surface area contributed by atoms with Gasteiger partial charge in [-0.1, -0.05) is 53.7 Å². The van der Waals surface area contributed by atoms with E-state index in [4.69, 9.17) is 9.47 Å². The molecule has 4 heteroatoms. The Morgan fingerprint density at radius 1 is 1.04 bits per heavy atom. The van der Waals surface area contributed by atoms with Crippen molar-refractivity contribution in [2.45, 2.75) is 53.4 Å². The molecule has 0 radical (unpaired) electrons. The van der Waals surface area contributed by atoms with Crippen LogP contribution >= 0.6 is 0 Å². The molecule has 0 amide bonds. The molecule has 0 heterocycles. The number of esters is 2. The van der Waals surface area contributed by atoms with Crippen molar-refractivity contribution in [1.82, 2.24) is 0 Å². The Hall–Kier alpha value is -1.58. The summed E-state index contributed by atoms with van der Waals surface area (Å²) in [4.78, 5) is 22.4. The van der Waals surface area contributed by atoms with E-state index in [1.54, 1.807) is 0 Å². The molecule has 0 saturated carbocycles. The van der Waals surface area contributed by atoms with Crippen LogP contribution in [-0.4, -0.2) is 25.2 Å². The summed E-state index contributed by atoms with van der Waals surface area (Å²) in [6.45, 7) is 16.4. The molecule has 4 nitrogen and oxygen atoms in total. The Labute approximate surface area is 140 Å². The van der Waals surface area contributed by atoms with E-state index in [0.717, 1.165) is 25.7 Å². The Kier molecular flexibility index (Phi) is 10.3. The van der Waals surface area contributed by atoms with Gasteiger partial charge in [0, 0.05) is 12.2 Å². The van der Waals surface area contributed by atoms with Crippen molar-refractivity contribution in [1.29, 1.82) is 0 Å². The van der Waals surface area contributed by atoms with E-state index >= 15 is 0 Å². The molecule has 0 N–H and O–H groups in total. The molecule has 0 aliphatic carbocycles. The predicted octanol–water partition coefficient (Wildman–Crippen LogP) is 4.30. The average Bonchev–Trinajstić information content (AvgIpc) is 2.53. The summed E-state index contributed by atoms with van der Waals surface area (Å²) in [5.74, 6) is 0.0543. The number of carbonyl (C=O) groups excluding carboxylic acids is 2. The van der Waals surface area contributed by atoms with Crippen LogP contribution in [0.1, 0.15) is 53.4 Å². The van der Waals surface area contributed by atoms with E-state index in [-0.39, 0.29) is 17.4 Å². The van der Waals surface area contributed by atoms with Crippen LogP contribution in [0.25, 0.3) is 0 Å². The summed E-state index contributed by atoms with van der Waals surface area (Å²) >= 11 is 0. The third kappa shape index (κ3) is 7.49. The first-order valence-electron chi connectivity index (χ1n) is 8.40. The quantitative estimate of drug-likeness (QED) is 0.397. The summed E-state index contributed by atoms with van der Waals surface area (Å²) in [7, 11) is 0. The van der Waals surface area contributed by atoms with Crippen molar-refractivity contribution in [3.05, 3.63) is 25.3 Å². The van der Waals surface area contributed by atoms with E-state index < -0.39 is 0 Å². The first-order chi connectivity index (χ1) is 10.8. The van der Waals surface area contributed by atoms with Gasteiger partial charge in [0.1, 0.15) is 0 Å². The van der Waals surface area contributed by atoms with Gasteiger partial charge in [0.25, 0.3) is 0 Å². The first kappa shape index (κ1) is 21.4. The minimum Gasteiger partial charge on any atom is -0.463 e. The lowest BCUT2D eigenvalue weighted by Gasteiger charge is -2.41. The second-order valence-corrected chi connectivity index (χ2v) is 6.43. The number of rotatable bonds is 12. The smallest absolute Gasteiger partial charge is 0.330 e. The number of ether oxygens (including phenoxy) is 2. The average molecular weight is 324 g/mol. The lowest BCUT2D eigenvalue weighted by Crippen LogP contribution is -2.35. The summed E-state index contributed by atoms with van der Waals surface area (Å²) < 4.78 is 10.3. The minimum absolute atomic E-state index is 0.0120. The first-order valence-corrected chi connectivity index (χ1v) is 8.40. The molecule has 0 bridgehead atoms. The summed E-state index contributed by atoms with van der Waals surface area (Å²) in [6, 6.07) is 0. The Balaban J connectivity index is 4.83. The highest BCUT2D eigenvalue weighted by Crippen LogP contribution is 2.43. The van der Waals surface area contributed by atoms with Gasteiger partial charge in [-0.25, -0.2) is 9.59 Å². The lowest BCUT2D eigenvalue weighted by atomic mass is 9.64. The van der Waals surface area contributed by atoms with Gasteiger partial charge in [0.05, 0.1) is 13.2 Å². The molecule has 0 saturated heterocycles. The number of hydrogen-bond acceptors (Lipinski definition) is 4. The Morgan fingerprint density at radius 2 is 1.57 bits per heavy atom. The van der Waals surface area contributed by atoms with Gasteiger partial charge in [0.15, 0.2) is 0 Å².